The average Bonchev–Trinajstić information content (AvgIpc) is 2.89. The predicted molar refractivity (Wildman–Crippen MR) is 77.8 cm³/mol. The zero-order valence-electron chi connectivity index (χ0n) is 10.5. The number of piperidine rings is 1. The van der Waals surface area contributed by atoms with Gasteiger partial charge in [0.2, 0.25) is 0 Å². The van der Waals surface area contributed by atoms with E-state index in [0.29, 0.717) is 6.04 Å². The van der Waals surface area contributed by atoms with Gasteiger partial charge in [-0.25, -0.2) is 4.31 Å². The van der Waals surface area contributed by atoms with Crippen LogP contribution in [0, 0.1) is 0 Å². The van der Waals surface area contributed by atoms with E-state index in [1.165, 1.54) is 23.4 Å². The zero-order chi connectivity index (χ0) is 12.2. The van der Waals surface area contributed by atoms with Crippen molar-refractivity contribution in [3.05, 3.63) is 35.9 Å². The molecule has 1 saturated heterocycles. The third kappa shape index (κ3) is 2.94. The second kappa shape index (κ2) is 5.87. The van der Waals surface area contributed by atoms with Gasteiger partial charge in [0.05, 0.1) is 5.04 Å². The van der Waals surface area contributed by atoms with Crippen molar-refractivity contribution in [2.45, 2.75) is 25.3 Å². The number of rotatable bonds is 3. The Bertz CT molecular complexity index is 412. The topological polar surface area (TPSA) is 27.6 Å². The molecular formula is C14H19N3S. The summed E-state index contributed by atoms with van der Waals surface area (Å²) in [5.74, 6) is 0. The summed E-state index contributed by atoms with van der Waals surface area (Å²) in [5, 5.41) is 4.68. The Hall–Kier alpha value is -0.840. The molecule has 0 aliphatic carbocycles. The van der Waals surface area contributed by atoms with Crippen molar-refractivity contribution in [3.8, 4) is 0 Å². The predicted octanol–water partition coefficient (Wildman–Crippen LogP) is 2.30. The Kier molecular flexibility index (Phi) is 3.98. The highest BCUT2D eigenvalue weighted by atomic mass is 32.2. The largest absolute Gasteiger partial charge is 0.317 e. The lowest BCUT2D eigenvalue weighted by atomic mass is 10.1. The molecule has 1 N–H and O–H groups in total. The number of hydrogen-bond acceptors (Lipinski definition) is 4. The van der Waals surface area contributed by atoms with E-state index in [9.17, 15) is 0 Å². The standard InChI is InChI=1S/C14H19N3S/c1-2-4-12(5-3-1)10-14-16-11-17(18-14)13-6-8-15-9-7-13/h1-5,13,15H,6-11H2. The van der Waals surface area contributed by atoms with Crippen LogP contribution in [0.25, 0.3) is 0 Å². The first-order chi connectivity index (χ1) is 8.92. The minimum Gasteiger partial charge on any atom is -0.317 e. The molecule has 96 valence electrons. The van der Waals surface area contributed by atoms with Crippen LogP contribution in [0.1, 0.15) is 18.4 Å². The molecule has 0 bridgehead atoms. The van der Waals surface area contributed by atoms with Crippen LogP contribution in [-0.2, 0) is 6.42 Å². The minimum absolute atomic E-state index is 0.702. The lowest BCUT2D eigenvalue weighted by molar-refractivity contribution is 0.293. The molecule has 0 saturated carbocycles. The highest BCUT2D eigenvalue weighted by molar-refractivity contribution is 8.12. The van der Waals surface area contributed by atoms with E-state index in [2.05, 4.69) is 44.9 Å². The van der Waals surface area contributed by atoms with Crippen LogP contribution in [0.5, 0.6) is 0 Å². The van der Waals surface area contributed by atoms with Crippen molar-refractivity contribution in [2.24, 2.45) is 4.99 Å². The van der Waals surface area contributed by atoms with Crippen LogP contribution in [0.4, 0.5) is 0 Å². The van der Waals surface area contributed by atoms with Crippen LogP contribution < -0.4 is 5.32 Å². The Morgan fingerprint density at radius 1 is 1.22 bits per heavy atom. The van der Waals surface area contributed by atoms with Gasteiger partial charge in [0.1, 0.15) is 6.67 Å². The first kappa shape index (κ1) is 12.2. The lowest BCUT2D eigenvalue weighted by Crippen LogP contribution is -2.39. The van der Waals surface area contributed by atoms with Crippen LogP contribution in [0.15, 0.2) is 35.3 Å². The normalized spacial score (nSPS) is 22.1. The van der Waals surface area contributed by atoms with Crippen molar-refractivity contribution in [1.82, 2.24) is 9.62 Å². The van der Waals surface area contributed by atoms with Gasteiger partial charge < -0.3 is 5.32 Å². The van der Waals surface area contributed by atoms with E-state index < -0.39 is 0 Å². The van der Waals surface area contributed by atoms with Gasteiger partial charge in [-0.15, -0.1) is 0 Å². The Morgan fingerprint density at radius 2 is 2.00 bits per heavy atom. The molecule has 0 amide bonds. The summed E-state index contributed by atoms with van der Waals surface area (Å²) < 4.78 is 2.46. The zero-order valence-corrected chi connectivity index (χ0v) is 11.3. The van der Waals surface area contributed by atoms with Gasteiger partial charge in [0.25, 0.3) is 0 Å². The lowest BCUT2D eigenvalue weighted by Gasteiger charge is -2.29. The molecule has 1 aromatic carbocycles. The van der Waals surface area contributed by atoms with E-state index in [1.54, 1.807) is 0 Å². The monoisotopic (exact) mass is 261 g/mol. The summed E-state index contributed by atoms with van der Waals surface area (Å²) in [6, 6.07) is 11.3. The summed E-state index contributed by atoms with van der Waals surface area (Å²) in [6.07, 6.45) is 3.48. The molecule has 0 aromatic heterocycles. The molecule has 2 heterocycles. The molecule has 3 rings (SSSR count). The molecule has 2 aliphatic rings. The Labute approximate surface area is 113 Å². The Balaban J connectivity index is 1.54. The van der Waals surface area contributed by atoms with Crippen LogP contribution in [-0.4, -0.2) is 35.1 Å². The summed E-state index contributed by atoms with van der Waals surface area (Å²) in [6.45, 7) is 3.17. The molecule has 18 heavy (non-hydrogen) atoms. The molecular weight excluding hydrogens is 242 g/mol. The van der Waals surface area contributed by atoms with Gasteiger partial charge in [0, 0.05) is 12.5 Å². The fourth-order valence-corrected chi connectivity index (χ4v) is 3.58. The number of nitrogens with zero attached hydrogens (tertiary/aromatic N) is 2. The highest BCUT2D eigenvalue weighted by Crippen LogP contribution is 2.28. The molecule has 3 nitrogen and oxygen atoms in total. The second-order valence-electron chi connectivity index (χ2n) is 4.85. The van der Waals surface area contributed by atoms with Gasteiger partial charge in [-0.1, -0.05) is 30.3 Å². The van der Waals surface area contributed by atoms with E-state index in [-0.39, 0.29) is 0 Å². The third-order valence-corrected chi connectivity index (χ3v) is 4.66. The van der Waals surface area contributed by atoms with Crippen LogP contribution in [0.3, 0.4) is 0 Å². The first-order valence-corrected chi connectivity index (χ1v) is 7.42. The third-order valence-electron chi connectivity index (χ3n) is 3.52. The summed E-state index contributed by atoms with van der Waals surface area (Å²) in [5.41, 5.74) is 1.36. The molecule has 0 radical (unpaired) electrons. The molecule has 4 heteroatoms. The van der Waals surface area contributed by atoms with E-state index in [0.717, 1.165) is 26.2 Å². The van der Waals surface area contributed by atoms with Crippen LogP contribution >= 0.6 is 11.9 Å². The van der Waals surface area contributed by atoms with Gasteiger partial charge in [-0.2, -0.15) is 0 Å². The first-order valence-electron chi connectivity index (χ1n) is 6.64. The Morgan fingerprint density at radius 3 is 2.78 bits per heavy atom. The summed E-state index contributed by atoms with van der Waals surface area (Å²) in [7, 11) is 0. The molecule has 0 unspecified atom stereocenters. The van der Waals surface area contributed by atoms with Gasteiger partial charge in [0.15, 0.2) is 0 Å². The molecule has 1 aromatic rings. The van der Waals surface area contributed by atoms with Crippen molar-refractivity contribution in [3.63, 3.8) is 0 Å². The molecule has 0 atom stereocenters. The molecule has 0 spiro atoms. The van der Waals surface area contributed by atoms with Crippen LogP contribution in [0.2, 0.25) is 0 Å². The average molecular weight is 261 g/mol. The quantitative estimate of drug-likeness (QED) is 0.846. The maximum atomic E-state index is 4.67. The van der Waals surface area contributed by atoms with Crippen molar-refractivity contribution in [1.29, 1.82) is 0 Å². The molecule has 1 fully saturated rings. The number of aliphatic imine (C=N–C) groups is 1. The van der Waals surface area contributed by atoms with E-state index >= 15 is 0 Å². The second-order valence-corrected chi connectivity index (χ2v) is 5.97. The fraction of sp³-hybridized carbons (Fsp3) is 0.500. The van der Waals surface area contributed by atoms with Crippen molar-refractivity contribution in [2.75, 3.05) is 19.8 Å². The smallest absolute Gasteiger partial charge is 0.102 e. The summed E-state index contributed by atoms with van der Waals surface area (Å²) >= 11 is 1.87. The van der Waals surface area contributed by atoms with E-state index in [4.69, 9.17) is 0 Å². The maximum absolute atomic E-state index is 4.67. The maximum Gasteiger partial charge on any atom is 0.102 e. The SMILES string of the molecule is c1ccc(CC2=NCN(C3CCNCC3)S2)cc1. The summed E-state index contributed by atoms with van der Waals surface area (Å²) in [4.78, 5) is 4.67. The molecule has 2 aliphatic heterocycles. The minimum atomic E-state index is 0.702. The van der Waals surface area contributed by atoms with Gasteiger partial charge in [-0.3, -0.25) is 4.99 Å². The van der Waals surface area contributed by atoms with Crippen molar-refractivity contribution < 1.29 is 0 Å². The number of benzene rings is 1. The number of nitrogens with one attached hydrogen (secondary N) is 1. The van der Waals surface area contributed by atoms with Gasteiger partial charge in [-0.05, 0) is 43.4 Å². The van der Waals surface area contributed by atoms with E-state index in [1.807, 2.05) is 11.9 Å². The van der Waals surface area contributed by atoms with Crippen molar-refractivity contribution >= 4 is 17.0 Å². The fourth-order valence-electron chi connectivity index (χ4n) is 2.48. The number of hydrogen-bond donors (Lipinski definition) is 1. The highest BCUT2D eigenvalue weighted by Gasteiger charge is 2.26. The van der Waals surface area contributed by atoms with Gasteiger partial charge >= 0.3 is 0 Å².